The summed E-state index contributed by atoms with van der Waals surface area (Å²) in [6.45, 7) is 5.51. The number of carbonyl (C=O) groups is 1. The topological polar surface area (TPSA) is 67.0 Å². The molecular weight excluding hydrogens is 469 g/mol. The van der Waals surface area contributed by atoms with Crippen LogP contribution in [0.4, 0.5) is 0 Å². The van der Waals surface area contributed by atoms with E-state index in [0.29, 0.717) is 33.0 Å². The van der Waals surface area contributed by atoms with Crippen molar-refractivity contribution in [1.29, 1.82) is 0 Å². The number of amides is 1. The summed E-state index contributed by atoms with van der Waals surface area (Å²) in [5.74, 6) is 1.11. The van der Waals surface area contributed by atoms with Gasteiger partial charge < -0.3 is 15.0 Å². The second-order valence-electron chi connectivity index (χ2n) is 8.20. The van der Waals surface area contributed by atoms with Crippen LogP contribution in [0.3, 0.4) is 0 Å². The number of aryl methyl sites for hydroxylation is 2. The average molecular weight is 494 g/mol. The zero-order valence-electron chi connectivity index (χ0n) is 19.4. The third-order valence-corrected chi connectivity index (χ3v) is 6.10. The van der Waals surface area contributed by atoms with E-state index in [0.717, 1.165) is 27.8 Å². The number of hydrogen-bond acceptors (Lipinski definition) is 3. The van der Waals surface area contributed by atoms with Crippen molar-refractivity contribution in [3.05, 3.63) is 93.1 Å². The average Bonchev–Trinajstić information content (AvgIpc) is 3.24. The zero-order chi connectivity index (χ0) is 24.4. The Balaban J connectivity index is 2.01. The van der Waals surface area contributed by atoms with Crippen molar-refractivity contribution in [2.75, 3.05) is 7.11 Å². The van der Waals surface area contributed by atoms with Gasteiger partial charge in [-0.15, -0.1) is 0 Å². The summed E-state index contributed by atoms with van der Waals surface area (Å²) in [5, 5.41) is 4.21. The molecule has 0 spiro atoms. The molecule has 0 radical (unpaired) electrons. The van der Waals surface area contributed by atoms with E-state index in [-0.39, 0.29) is 5.91 Å². The van der Waals surface area contributed by atoms with Crippen molar-refractivity contribution in [3.8, 4) is 28.4 Å². The Morgan fingerprint density at radius 2 is 1.76 bits per heavy atom. The standard InChI is InChI=1S/C27H25Cl2N3O2/c1-15-6-5-7-18(12-15)27-31-25(22-14-20(29)10-11-23(22)34-4)26(32-27)24(30-17(3)33)21-13-19(28)9-8-16(21)2/h5-14,24H,1-4H3,(H,30,33)(H,31,32). The summed E-state index contributed by atoms with van der Waals surface area (Å²) in [4.78, 5) is 20.8. The maximum atomic E-state index is 12.3. The molecule has 3 aromatic carbocycles. The first-order chi connectivity index (χ1) is 16.3. The number of carbonyl (C=O) groups excluding carboxylic acids is 1. The molecule has 34 heavy (non-hydrogen) atoms. The minimum atomic E-state index is -0.527. The van der Waals surface area contributed by atoms with Crippen molar-refractivity contribution in [1.82, 2.24) is 15.3 Å². The van der Waals surface area contributed by atoms with Crippen LogP contribution in [0.25, 0.3) is 22.6 Å². The lowest BCUT2D eigenvalue weighted by molar-refractivity contribution is -0.119. The van der Waals surface area contributed by atoms with Gasteiger partial charge in [0.1, 0.15) is 11.6 Å². The molecule has 2 N–H and O–H groups in total. The van der Waals surface area contributed by atoms with E-state index in [1.54, 1.807) is 19.2 Å². The summed E-state index contributed by atoms with van der Waals surface area (Å²) < 4.78 is 5.63. The first-order valence-corrected chi connectivity index (χ1v) is 11.6. The van der Waals surface area contributed by atoms with Crippen molar-refractivity contribution >= 4 is 29.1 Å². The number of ether oxygens (including phenoxy) is 1. The lowest BCUT2D eigenvalue weighted by Crippen LogP contribution is -2.28. The van der Waals surface area contributed by atoms with Crippen molar-refractivity contribution in [3.63, 3.8) is 0 Å². The fourth-order valence-electron chi connectivity index (χ4n) is 4.03. The second kappa shape index (κ2) is 9.92. The Morgan fingerprint density at radius 1 is 1.03 bits per heavy atom. The maximum Gasteiger partial charge on any atom is 0.217 e. The highest BCUT2D eigenvalue weighted by Gasteiger charge is 2.27. The second-order valence-corrected chi connectivity index (χ2v) is 9.07. The van der Waals surface area contributed by atoms with Crippen LogP contribution in [0, 0.1) is 13.8 Å². The normalized spacial score (nSPS) is 11.8. The molecule has 4 aromatic rings. The van der Waals surface area contributed by atoms with Gasteiger partial charge in [0.2, 0.25) is 5.91 Å². The van der Waals surface area contributed by atoms with Crippen LogP contribution in [-0.4, -0.2) is 23.0 Å². The molecule has 0 aliphatic carbocycles. The third kappa shape index (κ3) is 4.96. The molecule has 0 bridgehead atoms. The van der Waals surface area contributed by atoms with Crippen LogP contribution in [0.5, 0.6) is 5.75 Å². The van der Waals surface area contributed by atoms with E-state index in [4.69, 9.17) is 32.9 Å². The lowest BCUT2D eigenvalue weighted by atomic mass is 9.95. The molecule has 7 heteroatoms. The fourth-order valence-corrected chi connectivity index (χ4v) is 4.38. The van der Waals surface area contributed by atoms with Crippen LogP contribution in [0.15, 0.2) is 60.7 Å². The summed E-state index contributed by atoms with van der Waals surface area (Å²) in [6.07, 6.45) is 0. The smallest absolute Gasteiger partial charge is 0.217 e. The van der Waals surface area contributed by atoms with Gasteiger partial charge in [0.05, 0.1) is 24.5 Å². The van der Waals surface area contributed by atoms with Crippen LogP contribution >= 0.6 is 23.2 Å². The van der Waals surface area contributed by atoms with Gasteiger partial charge in [0, 0.05) is 28.1 Å². The lowest BCUT2D eigenvalue weighted by Gasteiger charge is -2.21. The Bertz CT molecular complexity index is 1360. The highest BCUT2D eigenvalue weighted by Crippen LogP contribution is 2.39. The number of aromatic amines is 1. The number of methoxy groups -OCH3 is 1. The summed E-state index contributed by atoms with van der Waals surface area (Å²) in [7, 11) is 1.60. The summed E-state index contributed by atoms with van der Waals surface area (Å²) >= 11 is 12.7. The quantitative estimate of drug-likeness (QED) is 0.306. The molecule has 0 saturated heterocycles. The van der Waals surface area contributed by atoms with Crippen LogP contribution in [-0.2, 0) is 4.79 Å². The number of nitrogens with one attached hydrogen (secondary N) is 2. The van der Waals surface area contributed by atoms with E-state index in [1.165, 1.54) is 6.92 Å². The molecule has 0 aliphatic heterocycles. The Kier molecular flexibility index (Phi) is 6.96. The predicted octanol–water partition coefficient (Wildman–Crippen LogP) is 6.90. The number of H-pyrrole nitrogens is 1. The van der Waals surface area contributed by atoms with E-state index in [2.05, 4.69) is 16.4 Å². The number of imidazole rings is 1. The maximum absolute atomic E-state index is 12.3. The van der Waals surface area contributed by atoms with Gasteiger partial charge in [0.15, 0.2) is 0 Å². The monoisotopic (exact) mass is 493 g/mol. The molecule has 1 heterocycles. The number of halogens is 2. The molecule has 1 unspecified atom stereocenters. The van der Waals surface area contributed by atoms with Crippen LogP contribution in [0.2, 0.25) is 10.0 Å². The fraction of sp³-hybridized carbons (Fsp3) is 0.185. The van der Waals surface area contributed by atoms with Crippen LogP contribution in [0.1, 0.15) is 35.3 Å². The van der Waals surface area contributed by atoms with Gasteiger partial charge in [-0.05, 0) is 61.4 Å². The van der Waals surface area contributed by atoms with E-state index in [9.17, 15) is 4.79 Å². The molecule has 1 aromatic heterocycles. The number of hydrogen-bond donors (Lipinski definition) is 2. The molecular formula is C27H25Cl2N3O2. The first kappa shape index (κ1) is 23.9. The molecule has 0 fully saturated rings. The number of benzene rings is 3. The minimum Gasteiger partial charge on any atom is -0.496 e. The van der Waals surface area contributed by atoms with Gasteiger partial charge >= 0.3 is 0 Å². The van der Waals surface area contributed by atoms with Crippen molar-refractivity contribution < 1.29 is 9.53 Å². The number of rotatable bonds is 6. The third-order valence-electron chi connectivity index (χ3n) is 5.63. The largest absolute Gasteiger partial charge is 0.496 e. The Hall–Kier alpha value is -3.28. The van der Waals surface area contributed by atoms with E-state index < -0.39 is 6.04 Å². The van der Waals surface area contributed by atoms with Gasteiger partial charge in [-0.3, -0.25) is 4.79 Å². The van der Waals surface area contributed by atoms with Crippen molar-refractivity contribution in [2.45, 2.75) is 26.8 Å². The molecule has 1 atom stereocenters. The molecule has 5 nitrogen and oxygen atoms in total. The van der Waals surface area contributed by atoms with Gasteiger partial charge in [-0.25, -0.2) is 4.98 Å². The van der Waals surface area contributed by atoms with Crippen molar-refractivity contribution in [2.24, 2.45) is 0 Å². The first-order valence-electron chi connectivity index (χ1n) is 10.8. The highest BCUT2D eigenvalue weighted by atomic mass is 35.5. The van der Waals surface area contributed by atoms with E-state index in [1.807, 2.05) is 56.3 Å². The molecule has 174 valence electrons. The van der Waals surface area contributed by atoms with Gasteiger partial charge in [-0.2, -0.15) is 0 Å². The zero-order valence-corrected chi connectivity index (χ0v) is 20.9. The molecule has 0 saturated carbocycles. The minimum absolute atomic E-state index is 0.180. The Morgan fingerprint density at radius 3 is 2.47 bits per heavy atom. The predicted molar refractivity (Wildman–Crippen MR) is 138 cm³/mol. The number of aromatic nitrogens is 2. The van der Waals surface area contributed by atoms with Gasteiger partial charge in [-0.1, -0.05) is 53.0 Å². The summed E-state index contributed by atoms with van der Waals surface area (Å²) in [5.41, 5.74) is 5.95. The van der Waals surface area contributed by atoms with Gasteiger partial charge in [0.25, 0.3) is 0 Å². The van der Waals surface area contributed by atoms with Crippen LogP contribution < -0.4 is 10.1 Å². The number of nitrogens with zero attached hydrogens (tertiary/aromatic N) is 1. The molecule has 0 aliphatic rings. The highest BCUT2D eigenvalue weighted by molar-refractivity contribution is 6.31. The molecule has 1 amide bonds. The Labute approximate surface area is 209 Å². The SMILES string of the molecule is COc1ccc(Cl)cc1-c1nc(-c2cccc(C)c2)[nH]c1C(NC(C)=O)c1cc(Cl)ccc1C. The summed E-state index contributed by atoms with van der Waals surface area (Å²) in [6, 6.07) is 18.6. The van der Waals surface area contributed by atoms with E-state index >= 15 is 0 Å². The molecule has 4 rings (SSSR count).